The van der Waals surface area contributed by atoms with E-state index in [-0.39, 0.29) is 4.90 Å². The summed E-state index contributed by atoms with van der Waals surface area (Å²) in [6, 6.07) is 6.42. The summed E-state index contributed by atoms with van der Waals surface area (Å²) in [6.45, 7) is 0. The average molecular weight is 263 g/mol. The van der Waals surface area contributed by atoms with Crippen LogP contribution in [-0.4, -0.2) is 29.8 Å². The zero-order chi connectivity index (χ0) is 12.8. The molecule has 0 saturated heterocycles. The molecule has 2 heterocycles. The van der Waals surface area contributed by atoms with E-state index >= 15 is 0 Å². The van der Waals surface area contributed by atoms with Crippen molar-refractivity contribution in [3.63, 3.8) is 0 Å². The van der Waals surface area contributed by atoms with Crippen molar-refractivity contribution in [2.45, 2.75) is 4.90 Å². The highest BCUT2D eigenvalue weighted by Crippen LogP contribution is 2.21. The van der Waals surface area contributed by atoms with Crippen LogP contribution in [0.5, 0.6) is 0 Å². The number of sulfone groups is 1. The van der Waals surface area contributed by atoms with E-state index in [2.05, 4.69) is 15.1 Å². The first-order chi connectivity index (χ1) is 8.54. The number of H-pyrrole nitrogens is 1. The molecule has 6 nitrogen and oxygen atoms in total. The second kappa shape index (κ2) is 3.67. The highest BCUT2D eigenvalue weighted by atomic mass is 32.2. The molecular formula is C11H9N3O3S. The molecule has 92 valence electrons. The van der Waals surface area contributed by atoms with E-state index < -0.39 is 9.84 Å². The van der Waals surface area contributed by atoms with Gasteiger partial charge in [-0.15, -0.1) is 0 Å². The lowest BCUT2D eigenvalue weighted by molar-refractivity contribution is 0.422. The number of rotatable bonds is 2. The predicted octanol–water partition coefficient (Wildman–Crippen LogP) is 1.62. The standard InChI is InChI=1S/C11H9N3O3S/c1-18(15,16)7-2-3-8-10(6-7)13-11(12-8)9-4-5-17-14-9/h2-6H,1H3,(H,12,13). The van der Waals surface area contributed by atoms with Gasteiger partial charge in [-0.25, -0.2) is 13.4 Å². The molecule has 0 amide bonds. The predicted molar refractivity (Wildman–Crippen MR) is 64.7 cm³/mol. The van der Waals surface area contributed by atoms with Crippen LogP contribution in [0.2, 0.25) is 0 Å². The Morgan fingerprint density at radius 1 is 1.28 bits per heavy atom. The molecule has 1 aromatic carbocycles. The maximum absolute atomic E-state index is 11.5. The van der Waals surface area contributed by atoms with E-state index in [9.17, 15) is 8.42 Å². The van der Waals surface area contributed by atoms with Gasteiger partial charge in [-0.3, -0.25) is 0 Å². The number of hydrogen-bond acceptors (Lipinski definition) is 5. The highest BCUT2D eigenvalue weighted by molar-refractivity contribution is 7.90. The normalized spacial score (nSPS) is 12.1. The van der Waals surface area contributed by atoms with Crippen molar-refractivity contribution in [2.75, 3.05) is 6.26 Å². The molecule has 3 rings (SSSR count). The molecule has 18 heavy (non-hydrogen) atoms. The van der Waals surface area contributed by atoms with Gasteiger partial charge in [0.15, 0.2) is 15.7 Å². The van der Waals surface area contributed by atoms with Gasteiger partial charge >= 0.3 is 0 Å². The van der Waals surface area contributed by atoms with Crippen molar-refractivity contribution in [3.8, 4) is 11.5 Å². The molecule has 0 aliphatic heterocycles. The van der Waals surface area contributed by atoms with Crippen molar-refractivity contribution < 1.29 is 12.9 Å². The van der Waals surface area contributed by atoms with Crippen molar-refractivity contribution in [1.29, 1.82) is 0 Å². The zero-order valence-electron chi connectivity index (χ0n) is 9.41. The van der Waals surface area contributed by atoms with Crippen LogP contribution in [0.15, 0.2) is 39.9 Å². The van der Waals surface area contributed by atoms with Crippen molar-refractivity contribution >= 4 is 20.9 Å². The number of aromatic nitrogens is 3. The topological polar surface area (TPSA) is 88.8 Å². The third-order valence-corrected chi connectivity index (χ3v) is 3.67. The van der Waals surface area contributed by atoms with E-state index in [1.807, 2.05) is 0 Å². The molecule has 0 unspecified atom stereocenters. The van der Waals surface area contributed by atoms with Gasteiger partial charge in [-0.2, -0.15) is 0 Å². The number of nitrogens with one attached hydrogen (secondary N) is 1. The number of hydrogen-bond donors (Lipinski definition) is 1. The minimum absolute atomic E-state index is 0.255. The Kier molecular flexibility index (Phi) is 2.24. The Morgan fingerprint density at radius 2 is 2.11 bits per heavy atom. The Bertz CT molecular complexity index is 803. The minimum Gasteiger partial charge on any atom is -0.364 e. The lowest BCUT2D eigenvalue weighted by Gasteiger charge is -1.96. The molecule has 0 spiro atoms. The maximum Gasteiger partial charge on any atom is 0.175 e. The molecule has 1 N–H and O–H groups in total. The van der Waals surface area contributed by atoms with Crippen LogP contribution >= 0.6 is 0 Å². The molecular weight excluding hydrogens is 254 g/mol. The SMILES string of the molecule is CS(=O)(=O)c1ccc2nc(-c3ccon3)[nH]c2c1. The summed E-state index contributed by atoms with van der Waals surface area (Å²) in [5.74, 6) is 0.546. The Balaban J connectivity index is 2.19. The fourth-order valence-electron chi connectivity index (χ4n) is 1.68. The zero-order valence-corrected chi connectivity index (χ0v) is 10.2. The number of benzene rings is 1. The van der Waals surface area contributed by atoms with Gasteiger partial charge in [-0.1, -0.05) is 5.16 Å². The van der Waals surface area contributed by atoms with Crippen LogP contribution in [0.1, 0.15) is 0 Å². The Hall–Kier alpha value is -2.15. The fraction of sp³-hybridized carbons (Fsp3) is 0.0909. The summed E-state index contributed by atoms with van der Waals surface area (Å²) in [5, 5.41) is 3.77. The quantitative estimate of drug-likeness (QED) is 0.758. The third kappa shape index (κ3) is 1.78. The van der Waals surface area contributed by atoms with E-state index in [1.54, 1.807) is 18.2 Å². The highest BCUT2D eigenvalue weighted by Gasteiger charge is 2.11. The van der Waals surface area contributed by atoms with Gasteiger partial charge in [0, 0.05) is 12.3 Å². The first kappa shape index (κ1) is 11.0. The smallest absolute Gasteiger partial charge is 0.175 e. The number of fused-ring (bicyclic) bond motifs is 1. The van der Waals surface area contributed by atoms with Gasteiger partial charge in [0.2, 0.25) is 0 Å². The third-order valence-electron chi connectivity index (χ3n) is 2.56. The van der Waals surface area contributed by atoms with Crippen molar-refractivity contribution in [2.24, 2.45) is 0 Å². The lowest BCUT2D eigenvalue weighted by atomic mass is 10.3. The average Bonchev–Trinajstić information content (AvgIpc) is 2.95. The summed E-state index contributed by atoms with van der Waals surface area (Å²) in [6.07, 6.45) is 2.62. The van der Waals surface area contributed by atoms with Gasteiger partial charge in [-0.05, 0) is 18.2 Å². The van der Waals surface area contributed by atoms with Crippen LogP contribution in [0.3, 0.4) is 0 Å². The van der Waals surface area contributed by atoms with Gasteiger partial charge in [0.1, 0.15) is 12.0 Å². The van der Waals surface area contributed by atoms with Crippen molar-refractivity contribution in [1.82, 2.24) is 15.1 Å². The van der Waals surface area contributed by atoms with Crippen LogP contribution in [0, 0.1) is 0 Å². The molecule has 2 aromatic heterocycles. The molecule has 0 bridgehead atoms. The van der Waals surface area contributed by atoms with E-state index in [0.29, 0.717) is 22.6 Å². The Labute approximate surface area is 103 Å². The molecule has 7 heteroatoms. The molecule has 0 atom stereocenters. The van der Waals surface area contributed by atoms with Crippen molar-refractivity contribution in [3.05, 3.63) is 30.5 Å². The first-order valence-electron chi connectivity index (χ1n) is 5.14. The number of aromatic amines is 1. The minimum atomic E-state index is -3.22. The summed E-state index contributed by atoms with van der Waals surface area (Å²) >= 11 is 0. The number of nitrogens with zero attached hydrogens (tertiary/aromatic N) is 2. The molecule has 3 aromatic rings. The molecule has 0 saturated carbocycles. The van der Waals surface area contributed by atoms with Gasteiger partial charge in [0.25, 0.3) is 0 Å². The summed E-state index contributed by atoms with van der Waals surface area (Å²) in [5.41, 5.74) is 1.91. The lowest BCUT2D eigenvalue weighted by Crippen LogP contribution is -1.96. The molecule has 0 aliphatic carbocycles. The van der Waals surface area contributed by atoms with E-state index in [1.165, 1.54) is 18.6 Å². The maximum atomic E-state index is 11.5. The Morgan fingerprint density at radius 3 is 2.78 bits per heavy atom. The fourth-order valence-corrected chi connectivity index (χ4v) is 2.32. The molecule has 0 aliphatic rings. The second-order valence-electron chi connectivity index (χ2n) is 3.92. The molecule has 0 fully saturated rings. The van der Waals surface area contributed by atoms with Crippen LogP contribution < -0.4 is 0 Å². The van der Waals surface area contributed by atoms with Crippen LogP contribution in [0.25, 0.3) is 22.6 Å². The summed E-state index contributed by atoms with van der Waals surface area (Å²) in [4.78, 5) is 7.57. The van der Waals surface area contributed by atoms with Gasteiger partial charge < -0.3 is 9.51 Å². The van der Waals surface area contributed by atoms with E-state index in [0.717, 1.165) is 0 Å². The van der Waals surface area contributed by atoms with Gasteiger partial charge in [0.05, 0.1) is 15.9 Å². The van der Waals surface area contributed by atoms with E-state index in [4.69, 9.17) is 4.52 Å². The molecule has 0 radical (unpaired) electrons. The first-order valence-corrected chi connectivity index (χ1v) is 7.04. The second-order valence-corrected chi connectivity index (χ2v) is 5.94. The summed E-state index contributed by atoms with van der Waals surface area (Å²) in [7, 11) is -3.22. The van der Waals surface area contributed by atoms with Crippen LogP contribution in [0.4, 0.5) is 0 Å². The summed E-state index contributed by atoms with van der Waals surface area (Å²) < 4.78 is 27.6. The largest absolute Gasteiger partial charge is 0.364 e. The van der Waals surface area contributed by atoms with Crippen LogP contribution in [-0.2, 0) is 9.84 Å². The monoisotopic (exact) mass is 263 g/mol. The number of imidazole rings is 1.